The maximum Gasteiger partial charge on any atom is 0.250 e. The number of methoxy groups -OCH3 is 1. The molecule has 3 aromatic rings. The van der Waals surface area contributed by atoms with Crippen LogP contribution in [0.3, 0.4) is 0 Å². The molecular formula is C18H19N3O2S. The molecule has 0 unspecified atom stereocenters. The number of hydrogen-bond acceptors (Lipinski definition) is 4. The van der Waals surface area contributed by atoms with Crippen molar-refractivity contribution in [2.75, 3.05) is 19.0 Å². The number of carbonyl (C=O) groups excluding carboxylic acids is 1. The first-order valence-corrected chi connectivity index (χ1v) is 8.96. The lowest BCUT2D eigenvalue weighted by atomic mass is 9.95. The van der Waals surface area contributed by atoms with Gasteiger partial charge in [-0.1, -0.05) is 12.1 Å². The van der Waals surface area contributed by atoms with Crippen molar-refractivity contribution in [1.29, 1.82) is 0 Å². The molecule has 0 saturated heterocycles. The van der Waals surface area contributed by atoms with Gasteiger partial charge in [0.2, 0.25) is 0 Å². The number of benzene rings is 1. The van der Waals surface area contributed by atoms with Crippen LogP contribution in [0.1, 0.15) is 23.3 Å². The number of rotatable bonds is 4. The third-order valence-electron chi connectivity index (χ3n) is 4.33. The first-order chi connectivity index (χ1) is 11.8. The molecule has 2 aromatic heterocycles. The zero-order valence-electron chi connectivity index (χ0n) is 13.5. The Balaban J connectivity index is 1.82. The number of thiophene rings is 1. The predicted molar refractivity (Wildman–Crippen MR) is 96.6 cm³/mol. The summed E-state index contributed by atoms with van der Waals surface area (Å²) >= 11 is 1.67. The molecule has 0 aliphatic heterocycles. The lowest BCUT2D eigenvalue weighted by molar-refractivity contribution is -0.119. The fourth-order valence-electron chi connectivity index (χ4n) is 3.27. The number of carbonyl (C=O) groups is 1. The van der Waals surface area contributed by atoms with E-state index in [-0.39, 0.29) is 12.5 Å². The summed E-state index contributed by atoms with van der Waals surface area (Å²) in [6.07, 6.45) is 4.51. The number of anilines is 1. The SMILES string of the molecule is COCC(=O)Nc1sc2c(c1-c1nc3ccccc3[nH]1)CCCC2. The lowest BCUT2D eigenvalue weighted by Crippen LogP contribution is -2.16. The van der Waals surface area contributed by atoms with Gasteiger partial charge in [0.1, 0.15) is 17.4 Å². The van der Waals surface area contributed by atoms with Gasteiger partial charge in [0, 0.05) is 12.0 Å². The van der Waals surface area contributed by atoms with Crippen molar-refractivity contribution in [3.05, 3.63) is 34.7 Å². The standard InChI is InChI=1S/C18H19N3O2S/c1-23-10-15(22)21-18-16(11-6-2-5-9-14(11)24-18)17-19-12-7-3-4-8-13(12)20-17/h3-4,7-8H,2,5-6,9-10H2,1H3,(H,19,20)(H,21,22). The topological polar surface area (TPSA) is 67.0 Å². The summed E-state index contributed by atoms with van der Waals surface area (Å²) < 4.78 is 4.94. The van der Waals surface area contributed by atoms with E-state index < -0.39 is 0 Å². The molecule has 0 spiro atoms. The minimum Gasteiger partial charge on any atom is -0.375 e. The fourth-order valence-corrected chi connectivity index (χ4v) is 4.58. The number of imidazole rings is 1. The number of amides is 1. The van der Waals surface area contributed by atoms with Crippen LogP contribution in [0.15, 0.2) is 24.3 Å². The van der Waals surface area contributed by atoms with Gasteiger partial charge in [-0.15, -0.1) is 11.3 Å². The van der Waals surface area contributed by atoms with Gasteiger partial charge in [-0.3, -0.25) is 4.79 Å². The minimum absolute atomic E-state index is 0.0577. The number of nitrogens with zero attached hydrogens (tertiary/aromatic N) is 1. The van der Waals surface area contributed by atoms with E-state index in [1.54, 1.807) is 11.3 Å². The van der Waals surface area contributed by atoms with Crippen molar-refractivity contribution in [1.82, 2.24) is 9.97 Å². The van der Waals surface area contributed by atoms with Crippen molar-refractivity contribution in [2.24, 2.45) is 0 Å². The molecule has 0 saturated carbocycles. The Morgan fingerprint density at radius 3 is 3.00 bits per heavy atom. The molecule has 2 N–H and O–H groups in total. The number of H-pyrrole nitrogens is 1. The van der Waals surface area contributed by atoms with Crippen molar-refractivity contribution in [3.63, 3.8) is 0 Å². The summed E-state index contributed by atoms with van der Waals surface area (Å²) in [7, 11) is 1.53. The number of para-hydroxylation sites is 2. The lowest BCUT2D eigenvalue weighted by Gasteiger charge is -2.11. The average Bonchev–Trinajstić information content (AvgIpc) is 3.14. The maximum absolute atomic E-state index is 12.0. The van der Waals surface area contributed by atoms with Crippen LogP contribution in [0, 0.1) is 0 Å². The second kappa shape index (κ2) is 6.37. The summed E-state index contributed by atoms with van der Waals surface area (Å²) in [4.78, 5) is 21.5. The van der Waals surface area contributed by atoms with E-state index in [1.165, 1.54) is 30.4 Å². The number of hydrogen-bond donors (Lipinski definition) is 2. The molecule has 24 heavy (non-hydrogen) atoms. The highest BCUT2D eigenvalue weighted by Gasteiger charge is 2.24. The van der Waals surface area contributed by atoms with Gasteiger partial charge in [0.25, 0.3) is 5.91 Å². The monoisotopic (exact) mass is 341 g/mol. The zero-order chi connectivity index (χ0) is 16.5. The van der Waals surface area contributed by atoms with Crippen molar-refractivity contribution < 1.29 is 9.53 Å². The molecule has 5 nitrogen and oxygen atoms in total. The highest BCUT2D eigenvalue weighted by Crippen LogP contribution is 2.43. The van der Waals surface area contributed by atoms with Gasteiger partial charge < -0.3 is 15.0 Å². The van der Waals surface area contributed by atoms with Crippen LogP contribution in [-0.2, 0) is 22.4 Å². The largest absolute Gasteiger partial charge is 0.375 e. The van der Waals surface area contributed by atoms with E-state index in [1.807, 2.05) is 24.3 Å². The van der Waals surface area contributed by atoms with Gasteiger partial charge >= 0.3 is 0 Å². The highest BCUT2D eigenvalue weighted by molar-refractivity contribution is 7.17. The molecule has 6 heteroatoms. The van der Waals surface area contributed by atoms with Gasteiger partial charge in [-0.25, -0.2) is 4.98 Å². The Kier molecular flexibility index (Phi) is 4.08. The van der Waals surface area contributed by atoms with E-state index in [2.05, 4.69) is 10.3 Å². The van der Waals surface area contributed by atoms with Gasteiger partial charge in [-0.2, -0.15) is 0 Å². The molecule has 1 aromatic carbocycles. The summed E-state index contributed by atoms with van der Waals surface area (Å²) in [6.45, 7) is 0.0577. The second-order valence-corrected chi connectivity index (χ2v) is 7.10. The molecule has 4 rings (SSSR count). The second-order valence-electron chi connectivity index (χ2n) is 6.00. The molecule has 1 aliphatic carbocycles. The van der Waals surface area contributed by atoms with Crippen LogP contribution in [0.5, 0.6) is 0 Å². The molecular weight excluding hydrogens is 322 g/mol. The van der Waals surface area contributed by atoms with E-state index in [0.717, 1.165) is 40.3 Å². The predicted octanol–water partition coefficient (Wildman–Crippen LogP) is 3.76. The summed E-state index contributed by atoms with van der Waals surface area (Å²) in [6, 6.07) is 8.00. The maximum atomic E-state index is 12.0. The summed E-state index contributed by atoms with van der Waals surface area (Å²) in [5, 5.41) is 3.88. The minimum atomic E-state index is -0.131. The molecule has 1 amide bonds. The van der Waals surface area contributed by atoms with Crippen LogP contribution in [-0.4, -0.2) is 29.6 Å². The molecule has 0 radical (unpaired) electrons. The fraction of sp³-hybridized carbons (Fsp3) is 0.333. The Morgan fingerprint density at radius 2 is 2.17 bits per heavy atom. The Hall–Kier alpha value is -2.18. The molecule has 124 valence electrons. The third-order valence-corrected chi connectivity index (χ3v) is 5.53. The van der Waals surface area contributed by atoms with Crippen LogP contribution in [0.2, 0.25) is 0 Å². The summed E-state index contributed by atoms with van der Waals surface area (Å²) in [5.41, 5.74) is 4.34. The highest BCUT2D eigenvalue weighted by atomic mass is 32.1. The molecule has 0 atom stereocenters. The number of aryl methyl sites for hydroxylation is 1. The van der Waals surface area contributed by atoms with Crippen LogP contribution in [0.25, 0.3) is 22.4 Å². The van der Waals surface area contributed by atoms with Crippen molar-refractivity contribution in [3.8, 4) is 11.4 Å². The van der Waals surface area contributed by atoms with E-state index in [4.69, 9.17) is 9.72 Å². The molecule has 0 bridgehead atoms. The molecule has 0 fully saturated rings. The van der Waals surface area contributed by atoms with Crippen LogP contribution < -0.4 is 5.32 Å². The first kappa shape index (κ1) is 15.4. The zero-order valence-corrected chi connectivity index (χ0v) is 14.3. The number of aromatic nitrogens is 2. The van der Waals surface area contributed by atoms with E-state index >= 15 is 0 Å². The smallest absolute Gasteiger partial charge is 0.250 e. The Bertz CT molecular complexity index is 864. The molecule has 1 aliphatic rings. The first-order valence-electron chi connectivity index (χ1n) is 8.14. The van der Waals surface area contributed by atoms with Gasteiger partial charge in [0.05, 0.1) is 16.6 Å². The Labute approximate surface area is 144 Å². The van der Waals surface area contributed by atoms with Crippen LogP contribution in [0.4, 0.5) is 5.00 Å². The third kappa shape index (κ3) is 2.72. The van der Waals surface area contributed by atoms with Crippen molar-refractivity contribution >= 4 is 33.3 Å². The summed E-state index contributed by atoms with van der Waals surface area (Å²) in [5.74, 6) is 0.705. The number of fused-ring (bicyclic) bond motifs is 2. The van der Waals surface area contributed by atoms with Gasteiger partial charge in [0.15, 0.2) is 0 Å². The van der Waals surface area contributed by atoms with E-state index in [0.29, 0.717) is 0 Å². The molecule has 2 heterocycles. The average molecular weight is 341 g/mol. The van der Waals surface area contributed by atoms with E-state index in [9.17, 15) is 4.79 Å². The normalized spacial score (nSPS) is 13.9. The number of nitrogens with one attached hydrogen (secondary N) is 2. The number of ether oxygens (including phenoxy) is 1. The van der Waals surface area contributed by atoms with Crippen molar-refractivity contribution in [2.45, 2.75) is 25.7 Å². The quantitative estimate of drug-likeness (QED) is 0.759. The van der Waals surface area contributed by atoms with Gasteiger partial charge in [-0.05, 0) is 43.4 Å². The Morgan fingerprint density at radius 1 is 1.33 bits per heavy atom. The number of aromatic amines is 1. The van der Waals surface area contributed by atoms with Crippen LogP contribution >= 0.6 is 11.3 Å².